The number of nitrogens with zero attached hydrogens (tertiary/aromatic N) is 3. The number of pyridine rings is 1. The van der Waals surface area contributed by atoms with Crippen LogP contribution < -0.4 is 5.73 Å². The molecule has 5 heteroatoms. The number of fused-ring (bicyclic) bond motifs is 1. The monoisotopic (exact) mass is 362 g/mol. The number of aromatic nitrogens is 1. The van der Waals surface area contributed by atoms with Gasteiger partial charge in [-0.15, -0.1) is 0 Å². The molecular formula is C22H26N4O. The van der Waals surface area contributed by atoms with Crippen molar-refractivity contribution < 1.29 is 4.79 Å². The van der Waals surface area contributed by atoms with Gasteiger partial charge in [-0.3, -0.25) is 9.78 Å². The van der Waals surface area contributed by atoms with Crippen molar-refractivity contribution in [3.8, 4) is 11.3 Å². The summed E-state index contributed by atoms with van der Waals surface area (Å²) in [7, 11) is 0. The molecule has 3 rings (SSSR count). The lowest BCUT2D eigenvalue weighted by atomic mass is 10.0. The van der Waals surface area contributed by atoms with Crippen LogP contribution in [0.5, 0.6) is 0 Å². The summed E-state index contributed by atoms with van der Waals surface area (Å²) in [6, 6.07) is 11.8. The van der Waals surface area contributed by atoms with Gasteiger partial charge in [0.15, 0.2) is 0 Å². The maximum Gasteiger partial charge on any atom is 0.250 e. The average molecular weight is 362 g/mol. The number of carbonyl (C=O) groups excluding carboxylic acids is 1. The van der Waals surface area contributed by atoms with Crippen molar-refractivity contribution in [1.29, 1.82) is 0 Å². The second-order valence-electron chi connectivity index (χ2n) is 6.73. The van der Waals surface area contributed by atoms with Gasteiger partial charge in [-0.05, 0) is 37.1 Å². The minimum absolute atomic E-state index is 0.0542. The Bertz CT molecular complexity index is 865. The van der Waals surface area contributed by atoms with Gasteiger partial charge in [0.1, 0.15) is 5.84 Å². The lowest BCUT2D eigenvalue weighted by Crippen LogP contribution is -2.34. The molecule has 1 aromatic carbocycles. The van der Waals surface area contributed by atoms with Gasteiger partial charge >= 0.3 is 0 Å². The van der Waals surface area contributed by atoms with E-state index < -0.39 is 0 Å². The summed E-state index contributed by atoms with van der Waals surface area (Å²) < 4.78 is 0. The van der Waals surface area contributed by atoms with Crippen LogP contribution in [0.2, 0.25) is 0 Å². The zero-order chi connectivity index (χ0) is 19.2. The largest absolute Gasteiger partial charge is 0.387 e. The molecule has 27 heavy (non-hydrogen) atoms. The van der Waals surface area contributed by atoms with E-state index in [9.17, 15) is 4.79 Å². The highest BCUT2D eigenvalue weighted by molar-refractivity contribution is 6.05. The topological polar surface area (TPSA) is 71.6 Å². The van der Waals surface area contributed by atoms with Crippen LogP contribution in [0.15, 0.2) is 53.2 Å². The Morgan fingerprint density at radius 2 is 1.93 bits per heavy atom. The highest BCUT2D eigenvalue weighted by Gasteiger charge is 2.21. The van der Waals surface area contributed by atoms with Gasteiger partial charge < -0.3 is 10.6 Å². The summed E-state index contributed by atoms with van der Waals surface area (Å²) in [5, 5.41) is 0. The third-order valence-corrected chi connectivity index (χ3v) is 4.51. The minimum atomic E-state index is 0.0542. The third kappa shape index (κ3) is 4.42. The van der Waals surface area contributed by atoms with Crippen molar-refractivity contribution in [3.63, 3.8) is 0 Å². The highest BCUT2D eigenvalue weighted by atomic mass is 16.2. The van der Waals surface area contributed by atoms with E-state index in [2.05, 4.69) is 23.8 Å². The molecule has 2 aromatic rings. The highest BCUT2D eigenvalue weighted by Crippen LogP contribution is 2.31. The maximum absolute atomic E-state index is 13.0. The van der Waals surface area contributed by atoms with Crippen molar-refractivity contribution in [2.45, 2.75) is 33.1 Å². The first-order valence-electron chi connectivity index (χ1n) is 9.50. The van der Waals surface area contributed by atoms with E-state index in [1.54, 1.807) is 6.20 Å². The van der Waals surface area contributed by atoms with Gasteiger partial charge in [0.2, 0.25) is 5.91 Å². The molecule has 0 fully saturated rings. The molecular weight excluding hydrogens is 336 g/mol. The summed E-state index contributed by atoms with van der Waals surface area (Å²) in [6.07, 6.45) is 5.95. The fourth-order valence-electron chi connectivity index (χ4n) is 3.28. The number of hydrogen-bond donors (Lipinski definition) is 1. The summed E-state index contributed by atoms with van der Waals surface area (Å²) in [6.45, 7) is 5.68. The molecule has 0 saturated heterocycles. The molecule has 140 valence electrons. The molecule has 1 aliphatic rings. The van der Waals surface area contributed by atoms with Gasteiger partial charge in [0.25, 0.3) is 0 Å². The van der Waals surface area contributed by atoms with Crippen molar-refractivity contribution in [1.82, 2.24) is 9.88 Å². The van der Waals surface area contributed by atoms with Gasteiger partial charge in [0, 0.05) is 42.4 Å². The third-order valence-electron chi connectivity index (χ3n) is 4.51. The number of nitrogens with two attached hydrogens (primary N) is 1. The molecule has 2 N–H and O–H groups in total. The Morgan fingerprint density at radius 1 is 1.15 bits per heavy atom. The summed E-state index contributed by atoms with van der Waals surface area (Å²) >= 11 is 0. The smallest absolute Gasteiger partial charge is 0.250 e. The van der Waals surface area contributed by atoms with Crippen molar-refractivity contribution in [2.75, 3.05) is 13.1 Å². The van der Waals surface area contributed by atoms with Crippen LogP contribution in [-0.2, 0) is 4.79 Å². The van der Waals surface area contributed by atoms with Gasteiger partial charge in [-0.1, -0.05) is 32.0 Å². The molecule has 0 atom stereocenters. The quantitative estimate of drug-likeness (QED) is 0.838. The summed E-state index contributed by atoms with van der Waals surface area (Å²) in [5.41, 5.74) is 10.4. The zero-order valence-electron chi connectivity index (χ0n) is 16.0. The van der Waals surface area contributed by atoms with E-state index in [4.69, 9.17) is 5.73 Å². The van der Waals surface area contributed by atoms with Crippen LogP contribution in [0.25, 0.3) is 17.3 Å². The second-order valence-corrected chi connectivity index (χ2v) is 6.73. The average Bonchev–Trinajstić information content (AvgIpc) is 2.85. The Labute approximate surface area is 160 Å². The first-order valence-corrected chi connectivity index (χ1v) is 9.50. The predicted octanol–water partition coefficient (Wildman–Crippen LogP) is 4.17. The van der Waals surface area contributed by atoms with Gasteiger partial charge in [-0.25, -0.2) is 4.99 Å². The zero-order valence-corrected chi connectivity index (χ0v) is 16.0. The molecule has 5 nitrogen and oxygen atoms in total. The van der Waals surface area contributed by atoms with Crippen LogP contribution in [0.4, 0.5) is 5.69 Å². The molecule has 0 unspecified atom stereocenters. The second kappa shape index (κ2) is 8.62. The van der Waals surface area contributed by atoms with Gasteiger partial charge in [-0.2, -0.15) is 0 Å². The summed E-state index contributed by atoms with van der Waals surface area (Å²) in [4.78, 5) is 23.9. The molecule has 1 aliphatic heterocycles. The summed E-state index contributed by atoms with van der Waals surface area (Å²) in [5.74, 6) is 0.512. The van der Waals surface area contributed by atoms with E-state index >= 15 is 0 Å². The fraction of sp³-hybridized carbons (Fsp3) is 0.318. The van der Waals surface area contributed by atoms with Crippen LogP contribution in [0.1, 0.15) is 38.7 Å². The number of aliphatic imine (C=N–C) groups is 1. The van der Waals surface area contributed by atoms with Crippen LogP contribution in [0, 0.1) is 0 Å². The maximum atomic E-state index is 13.0. The van der Waals surface area contributed by atoms with Crippen molar-refractivity contribution >= 4 is 23.5 Å². The first kappa shape index (κ1) is 18.8. The van der Waals surface area contributed by atoms with E-state index in [0.717, 1.165) is 48.4 Å². The lowest BCUT2D eigenvalue weighted by Gasteiger charge is -2.22. The molecule has 0 saturated carbocycles. The van der Waals surface area contributed by atoms with E-state index in [-0.39, 0.29) is 5.91 Å². The molecule has 1 aromatic heterocycles. The van der Waals surface area contributed by atoms with Gasteiger partial charge in [0.05, 0.1) is 11.4 Å². The minimum Gasteiger partial charge on any atom is -0.387 e. The van der Waals surface area contributed by atoms with Crippen molar-refractivity contribution in [3.05, 3.63) is 53.7 Å². The Hall–Kier alpha value is -2.95. The SMILES string of the molecule is CCCN(CCC)C(=O)C1=Cc2ccc(-c3ccccn3)cc2N=C(N)C1. The predicted molar refractivity (Wildman–Crippen MR) is 111 cm³/mol. The number of amides is 1. The lowest BCUT2D eigenvalue weighted by molar-refractivity contribution is -0.127. The number of benzene rings is 1. The van der Waals surface area contributed by atoms with Crippen LogP contribution >= 0.6 is 0 Å². The van der Waals surface area contributed by atoms with Crippen molar-refractivity contribution in [2.24, 2.45) is 10.7 Å². The molecule has 2 heterocycles. The van der Waals surface area contributed by atoms with E-state index in [1.165, 1.54) is 0 Å². The van der Waals surface area contributed by atoms with E-state index in [1.807, 2.05) is 47.4 Å². The Morgan fingerprint density at radius 3 is 2.59 bits per heavy atom. The number of hydrogen-bond acceptors (Lipinski definition) is 4. The molecule has 0 spiro atoms. The molecule has 0 radical (unpaired) electrons. The Kier molecular flexibility index (Phi) is 6.01. The molecule has 0 aliphatic carbocycles. The number of carbonyl (C=O) groups is 1. The van der Waals surface area contributed by atoms with E-state index in [0.29, 0.717) is 17.8 Å². The van der Waals surface area contributed by atoms with Crippen LogP contribution in [-0.4, -0.2) is 34.7 Å². The Balaban J connectivity index is 1.96. The molecule has 0 bridgehead atoms. The molecule has 1 amide bonds. The number of amidine groups is 1. The fourth-order valence-corrected chi connectivity index (χ4v) is 3.28. The standard InChI is InChI=1S/C22H26N4O/c1-3-11-26(12-4-2)22(27)18-13-16-8-9-17(19-7-5-6-10-24-19)14-20(16)25-21(23)15-18/h5-10,13-14H,3-4,11-12,15H2,1-2H3,(H2,23,25). The number of rotatable bonds is 6. The first-order chi connectivity index (χ1) is 13.1. The van der Waals surface area contributed by atoms with Crippen LogP contribution in [0.3, 0.4) is 0 Å². The normalized spacial score (nSPS) is 13.3.